The number of carbonyl (C=O) groups excluding carboxylic acids is 1. The fraction of sp³-hybridized carbons (Fsp3) is 0.571. The van der Waals surface area contributed by atoms with Crippen LogP contribution in [0.25, 0.3) is 0 Å². The van der Waals surface area contributed by atoms with Crippen LogP contribution in [0.3, 0.4) is 0 Å². The van der Waals surface area contributed by atoms with E-state index in [-0.39, 0.29) is 24.4 Å². The lowest BCUT2D eigenvalue weighted by Gasteiger charge is -2.22. The minimum atomic E-state index is -0.158. The number of hydrogen-bond donors (Lipinski definition) is 2. The predicted octanol–water partition coefficient (Wildman–Crippen LogP) is 3.27. The number of rotatable bonds is 6. The van der Waals surface area contributed by atoms with E-state index in [1.54, 1.807) is 12.3 Å². The van der Waals surface area contributed by atoms with E-state index in [1.807, 2.05) is 23.0 Å². The molecule has 2 aliphatic rings. The van der Waals surface area contributed by atoms with E-state index in [9.17, 15) is 4.79 Å². The monoisotopic (exact) mass is 419 g/mol. The topological polar surface area (TPSA) is 81.1 Å². The number of amides is 1. The molecule has 158 valence electrons. The van der Waals surface area contributed by atoms with Crippen LogP contribution < -0.4 is 15.4 Å². The fourth-order valence-electron chi connectivity index (χ4n) is 3.97. The van der Waals surface area contributed by atoms with Gasteiger partial charge in [-0.1, -0.05) is 6.42 Å². The van der Waals surface area contributed by atoms with Crippen molar-refractivity contribution in [3.05, 3.63) is 41.9 Å². The third-order valence-corrected chi connectivity index (χ3v) is 5.58. The Hall–Kier alpha value is -2.12. The first-order chi connectivity index (χ1) is 13.8. The molecule has 0 aromatic carbocycles. The number of aromatic nitrogens is 3. The summed E-state index contributed by atoms with van der Waals surface area (Å²) in [5, 5.41) is 10.8. The Morgan fingerprint density at radius 2 is 2.07 bits per heavy atom. The lowest BCUT2D eigenvalue weighted by molar-refractivity contribution is 0.0944. The zero-order valence-corrected chi connectivity index (χ0v) is 17.5. The third-order valence-electron chi connectivity index (χ3n) is 5.58. The molecular weight excluding hydrogens is 390 g/mol. The van der Waals surface area contributed by atoms with Gasteiger partial charge < -0.3 is 15.4 Å². The summed E-state index contributed by atoms with van der Waals surface area (Å²) in [6.45, 7) is 2.40. The molecule has 8 heteroatoms. The largest absolute Gasteiger partial charge is 0.474 e. The standard InChI is InChI=1S/C21H29N5O2.ClH/c27-21(19-9-12-26(25-19)17-5-4-10-22-15-17)24-14-16-8-11-23-20(13-16)28-18-6-2-1-3-7-18;/h8-9,11-13,17-18,22H,1-7,10,14-15H2,(H,24,27);1H. The third kappa shape index (κ3) is 5.93. The van der Waals surface area contributed by atoms with Gasteiger partial charge in [0.2, 0.25) is 5.88 Å². The van der Waals surface area contributed by atoms with Crippen LogP contribution in [0.2, 0.25) is 0 Å². The maximum absolute atomic E-state index is 12.5. The number of carbonyl (C=O) groups is 1. The highest BCUT2D eigenvalue weighted by atomic mass is 35.5. The fourth-order valence-corrected chi connectivity index (χ4v) is 3.97. The maximum atomic E-state index is 12.5. The first kappa shape index (κ1) is 21.6. The summed E-state index contributed by atoms with van der Waals surface area (Å²) in [5.74, 6) is 0.488. The summed E-state index contributed by atoms with van der Waals surface area (Å²) in [4.78, 5) is 16.8. The van der Waals surface area contributed by atoms with Crippen molar-refractivity contribution in [1.82, 2.24) is 25.4 Å². The molecule has 29 heavy (non-hydrogen) atoms. The Kier molecular flexibility index (Phi) is 7.89. The maximum Gasteiger partial charge on any atom is 0.272 e. The van der Waals surface area contributed by atoms with Crippen LogP contribution in [-0.2, 0) is 6.54 Å². The van der Waals surface area contributed by atoms with Gasteiger partial charge in [-0.2, -0.15) is 5.10 Å². The smallest absolute Gasteiger partial charge is 0.272 e. The van der Waals surface area contributed by atoms with Crippen LogP contribution in [0.5, 0.6) is 5.88 Å². The predicted molar refractivity (Wildman–Crippen MR) is 114 cm³/mol. The molecule has 1 amide bonds. The number of hydrogen-bond acceptors (Lipinski definition) is 5. The molecule has 2 aromatic rings. The first-order valence-corrected chi connectivity index (χ1v) is 10.4. The molecule has 4 rings (SSSR count). The van der Waals surface area contributed by atoms with Crippen molar-refractivity contribution < 1.29 is 9.53 Å². The van der Waals surface area contributed by atoms with Crippen molar-refractivity contribution >= 4 is 18.3 Å². The molecule has 3 heterocycles. The van der Waals surface area contributed by atoms with Crippen LogP contribution in [0.15, 0.2) is 30.6 Å². The first-order valence-electron chi connectivity index (χ1n) is 10.4. The highest BCUT2D eigenvalue weighted by molar-refractivity contribution is 5.92. The van der Waals surface area contributed by atoms with Gasteiger partial charge in [-0.15, -0.1) is 12.4 Å². The summed E-state index contributed by atoms with van der Waals surface area (Å²) in [5.41, 5.74) is 1.43. The Morgan fingerprint density at radius 1 is 1.21 bits per heavy atom. The lowest BCUT2D eigenvalue weighted by atomic mass is 9.98. The van der Waals surface area contributed by atoms with Crippen LogP contribution in [0.1, 0.15) is 67.0 Å². The van der Waals surface area contributed by atoms with E-state index < -0.39 is 0 Å². The molecule has 1 saturated carbocycles. The van der Waals surface area contributed by atoms with Gasteiger partial charge in [-0.25, -0.2) is 4.98 Å². The number of nitrogens with zero attached hydrogens (tertiary/aromatic N) is 3. The summed E-state index contributed by atoms with van der Waals surface area (Å²) in [6, 6.07) is 5.94. The Morgan fingerprint density at radius 3 is 2.86 bits per heavy atom. The molecule has 0 spiro atoms. The van der Waals surface area contributed by atoms with Crippen LogP contribution in [-0.4, -0.2) is 39.9 Å². The van der Waals surface area contributed by atoms with Gasteiger partial charge in [0.25, 0.3) is 5.91 Å². The van der Waals surface area contributed by atoms with Gasteiger partial charge in [0.15, 0.2) is 0 Å². The molecule has 7 nitrogen and oxygen atoms in total. The van der Waals surface area contributed by atoms with Crippen molar-refractivity contribution in [3.63, 3.8) is 0 Å². The summed E-state index contributed by atoms with van der Waals surface area (Å²) in [6.07, 6.45) is 12.1. The molecule has 1 atom stereocenters. The highest BCUT2D eigenvalue weighted by Gasteiger charge is 2.18. The van der Waals surface area contributed by atoms with Gasteiger partial charge >= 0.3 is 0 Å². The van der Waals surface area contributed by atoms with Crippen molar-refractivity contribution in [1.29, 1.82) is 0 Å². The molecule has 1 aliphatic carbocycles. The Balaban J connectivity index is 0.00000240. The average molecular weight is 420 g/mol. The van der Waals surface area contributed by atoms with E-state index in [0.717, 1.165) is 44.3 Å². The number of ether oxygens (including phenoxy) is 1. The summed E-state index contributed by atoms with van der Waals surface area (Å²) >= 11 is 0. The number of nitrogens with one attached hydrogen (secondary N) is 2. The second-order valence-corrected chi connectivity index (χ2v) is 7.74. The molecule has 2 N–H and O–H groups in total. The molecule has 2 aromatic heterocycles. The summed E-state index contributed by atoms with van der Waals surface area (Å²) in [7, 11) is 0. The van der Waals surface area contributed by atoms with E-state index >= 15 is 0 Å². The van der Waals surface area contributed by atoms with Crippen LogP contribution >= 0.6 is 12.4 Å². The number of pyridine rings is 1. The van der Waals surface area contributed by atoms with Crippen molar-refractivity contribution in [2.75, 3.05) is 13.1 Å². The number of piperidine rings is 1. The van der Waals surface area contributed by atoms with Crippen LogP contribution in [0.4, 0.5) is 0 Å². The second-order valence-electron chi connectivity index (χ2n) is 7.74. The molecule has 0 bridgehead atoms. The zero-order valence-electron chi connectivity index (χ0n) is 16.7. The van der Waals surface area contributed by atoms with Gasteiger partial charge in [0.05, 0.1) is 6.04 Å². The molecule has 1 saturated heterocycles. The minimum Gasteiger partial charge on any atom is -0.474 e. The van der Waals surface area contributed by atoms with E-state index in [1.165, 1.54) is 19.3 Å². The molecule has 2 fully saturated rings. The Bertz CT molecular complexity index is 785. The number of halogens is 1. The zero-order chi connectivity index (χ0) is 19.2. The van der Waals surface area contributed by atoms with E-state index in [2.05, 4.69) is 20.7 Å². The van der Waals surface area contributed by atoms with Crippen molar-refractivity contribution in [2.45, 2.75) is 63.6 Å². The Labute approximate surface area is 178 Å². The van der Waals surface area contributed by atoms with Crippen molar-refractivity contribution in [2.24, 2.45) is 0 Å². The molecule has 0 radical (unpaired) electrons. The van der Waals surface area contributed by atoms with Gasteiger partial charge in [0, 0.05) is 31.5 Å². The van der Waals surface area contributed by atoms with Gasteiger partial charge in [0.1, 0.15) is 11.8 Å². The summed E-state index contributed by atoms with van der Waals surface area (Å²) < 4.78 is 7.92. The highest BCUT2D eigenvalue weighted by Crippen LogP contribution is 2.22. The second kappa shape index (κ2) is 10.6. The quantitative estimate of drug-likeness (QED) is 0.751. The normalized spacial score (nSPS) is 19.9. The van der Waals surface area contributed by atoms with Gasteiger partial charge in [-0.3, -0.25) is 9.48 Å². The van der Waals surface area contributed by atoms with Gasteiger partial charge in [-0.05, 0) is 62.8 Å². The van der Waals surface area contributed by atoms with Crippen LogP contribution in [0, 0.1) is 0 Å². The van der Waals surface area contributed by atoms with Crippen molar-refractivity contribution in [3.8, 4) is 5.88 Å². The molecular formula is C21H30ClN5O2. The SMILES string of the molecule is Cl.O=C(NCc1ccnc(OC2CCCCC2)c1)c1ccn(C2CCCNC2)n1. The van der Waals surface area contributed by atoms with E-state index in [4.69, 9.17) is 4.74 Å². The van der Waals surface area contributed by atoms with E-state index in [0.29, 0.717) is 24.2 Å². The molecule has 1 aliphatic heterocycles. The average Bonchev–Trinajstić information content (AvgIpc) is 3.24. The minimum absolute atomic E-state index is 0. The lowest BCUT2D eigenvalue weighted by Crippen LogP contribution is -2.32. The molecule has 1 unspecified atom stereocenters.